The van der Waals surface area contributed by atoms with Crippen LogP contribution in [0.15, 0.2) is 65.3 Å². The largest absolute Gasteiger partial charge is 0.463 e. The van der Waals surface area contributed by atoms with Crippen molar-refractivity contribution in [3.05, 3.63) is 72.2 Å². The molecule has 0 bridgehead atoms. The number of amides is 1. The van der Waals surface area contributed by atoms with E-state index in [0.29, 0.717) is 6.54 Å². The van der Waals surface area contributed by atoms with Crippen LogP contribution in [-0.2, 0) is 4.79 Å². The van der Waals surface area contributed by atoms with Gasteiger partial charge in [-0.2, -0.15) is 0 Å². The highest BCUT2D eigenvalue weighted by molar-refractivity contribution is 5.87. The van der Waals surface area contributed by atoms with Crippen molar-refractivity contribution in [1.29, 1.82) is 0 Å². The summed E-state index contributed by atoms with van der Waals surface area (Å²) in [5, 5.41) is 7.43. The number of carbonyl (C=O) groups is 1. The van der Waals surface area contributed by atoms with E-state index < -0.39 is 0 Å². The van der Waals surface area contributed by atoms with Gasteiger partial charge in [-0.15, -0.1) is 0 Å². The fourth-order valence-electron chi connectivity index (χ4n) is 2.96. The second-order valence-electron chi connectivity index (χ2n) is 6.10. The highest BCUT2D eigenvalue weighted by atomic mass is 16.3. The Hall–Kier alpha value is -2.59. The van der Waals surface area contributed by atoms with Gasteiger partial charge in [-0.25, -0.2) is 0 Å². The number of fused-ring (bicyclic) bond motifs is 1. The van der Waals surface area contributed by atoms with Crippen LogP contribution in [0.5, 0.6) is 0 Å². The Kier molecular flexibility index (Phi) is 4.96. The molecule has 3 aromatic rings. The predicted octanol–water partition coefficient (Wildman–Crippen LogP) is 2.93. The van der Waals surface area contributed by atoms with Gasteiger partial charge in [-0.1, -0.05) is 42.5 Å². The summed E-state index contributed by atoms with van der Waals surface area (Å²) in [4.78, 5) is 12.3. The van der Waals surface area contributed by atoms with Gasteiger partial charge in [0, 0.05) is 0 Å². The molecule has 1 amide bonds. The fourth-order valence-corrected chi connectivity index (χ4v) is 2.96. The summed E-state index contributed by atoms with van der Waals surface area (Å²) in [6.07, 6.45) is 1.66. The first-order chi connectivity index (χ1) is 11.6. The molecule has 4 heteroatoms. The Balaban J connectivity index is 1.61. The molecule has 0 saturated carbocycles. The number of hydrogen-bond donors (Lipinski definition) is 2. The zero-order valence-electron chi connectivity index (χ0n) is 14.0. The van der Waals surface area contributed by atoms with Crippen molar-refractivity contribution in [1.82, 2.24) is 5.32 Å². The molecule has 1 aromatic heterocycles. The van der Waals surface area contributed by atoms with Gasteiger partial charge in [0.05, 0.1) is 12.3 Å². The lowest BCUT2D eigenvalue weighted by Crippen LogP contribution is -2.87. The van der Waals surface area contributed by atoms with Crippen LogP contribution in [0.4, 0.5) is 0 Å². The molecule has 1 heterocycles. The molecule has 3 rings (SSSR count). The Labute approximate surface area is 141 Å². The van der Waals surface area contributed by atoms with Crippen molar-refractivity contribution in [3.63, 3.8) is 0 Å². The molecular formula is C20H23N2O2+. The van der Waals surface area contributed by atoms with E-state index in [-0.39, 0.29) is 18.0 Å². The number of carbonyl (C=O) groups excluding carboxylic acids is 1. The van der Waals surface area contributed by atoms with Gasteiger partial charge >= 0.3 is 0 Å². The number of furan rings is 1. The molecular weight excluding hydrogens is 300 g/mol. The lowest BCUT2D eigenvalue weighted by molar-refractivity contribution is -0.684. The lowest BCUT2D eigenvalue weighted by atomic mass is 10.00. The molecule has 0 radical (unpaired) electrons. The van der Waals surface area contributed by atoms with Gasteiger partial charge in [0.1, 0.15) is 6.04 Å². The van der Waals surface area contributed by atoms with E-state index in [2.05, 4.69) is 29.6 Å². The standard InChI is InChI=1S/C20H22N2O2/c1-14(17-10-5-8-16-7-3-4-9-18(16)17)22-20(23)13-21-15(2)19-11-6-12-24-19/h3-12,14-15,21H,13H2,1-2H3,(H,22,23)/p+1/t14-,15-/m1/s1. The summed E-state index contributed by atoms with van der Waals surface area (Å²) in [7, 11) is 0. The Morgan fingerprint density at radius 1 is 1.08 bits per heavy atom. The monoisotopic (exact) mass is 323 g/mol. The fraction of sp³-hybridized carbons (Fsp3) is 0.250. The summed E-state index contributed by atoms with van der Waals surface area (Å²) in [6, 6.07) is 18.3. The first-order valence-electron chi connectivity index (χ1n) is 8.29. The Bertz CT molecular complexity index is 806. The molecule has 0 fully saturated rings. The quantitative estimate of drug-likeness (QED) is 0.733. The van der Waals surface area contributed by atoms with Crippen molar-refractivity contribution < 1.29 is 14.5 Å². The van der Waals surface area contributed by atoms with Crippen LogP contribution >= 0.6 is 0 Å². The Morgan fingerprint density at radius 3 is 2.67 bits per heavy atom. The third-order valence-electron chi connectivity index (χ3n) is 4.32. The minimum atomic E-state index is -0.0316. The topological polar surface area (TPSA) is 58.9 Å². The van der Waals surface area contributed by atoms with Crippen LogP contribution in [0.2, 0.25) is 0 Å². The van der Waals surface area contributed by atoms with E-state index in [1.807, 2.05) is 49.5 Å². The number of nitrogens with one attached hydrogen (secondary N) is 1. The molecule has 0 aliphatic carbocycles. The second-order valence-corrected chi connectivity index (χ2v) is 6.10. The second kappa shape index (κ2) is 7.32. The molecule has 2 aromatic carbocycles. The van der Waals surface area contributed by atoms with E-state index >= 15 is 0 Å². The van der Waals surface area contributed by atoms with E-state index in [1.165, 1.54) is 10.8 Å². The van der Waals surface area contributed by atoms with E-state index in [0.717, 1.165) is 11.3 Å². The number of nitrogens with two attached hydrogens (primary N) is 1. The van der Waals surface area contributed by atoms with Crippen LogP contribution < -0.4 is 10.6 Å². The highest BCUT2D eigenvalue weighted by Crippen LogP contribution is 2.23. The molecule has 3 N–H and O–H groups in total. The summed E-state index contributed by atoms with van der Waals surface area (Å²) in [5.41, 5.74) is 1.14. The average molecular weight is 323 g/mol. The normalized spacial score (nSPS) is 13.6. The van der Waals surface area contributed by atoms with Crippen LogP contribution in [0, 0.1) is 0 Å². The maximum absolute atomic E-state index is 12.3. The van der Waals surface area contributed by atoms with Crippen molar-refractivity contribution in [2.75, 3.05) is 6.54 Å². The highest BCUT2D eigenvalue weighted by Gasteiger charge is 2.16. The number of rotatable bonds is 6. The molecule has 0 spiro atoms. The van der Waals surface area contributed by atoms with Crippen LogP contribution in [0.25, 0.3) is 10.8 Å². The van der Waals surface area contributed by atoms with Gasteiger partial charge in [0.15, 0.2) is 12.3 Å². The number of benzene rings is 2. The third kappa shape index (κ3) is 3.66. The molecule has 0 unspecified atom stereocenters. The SMILES string of the molecule is C[C@@H](NC(=O)C[NH2+][C@H](C)c1ccco1)c1cccc2ccccc12. The van der Waals surface area contributed by atoms with Crippen molar-refractivity contribution in [2.45, 2.75) is 25.9 Å². The van der Waals surface area contributed by atoms with Crippen molar-refractivity contribution in [2.24, 2.45) is 0 Å². The van der Waals surface area contributed by atoms with Crippen LogP contribution in [0.3, 0.4) is 0 Å². The van der Waals surface area contributed by atoms with Gasteiger partial charge in [-0.3, -0.25) is 4.79 Å². The molecule has 124 valence electrons. The molecule has 24 heavy (non-hydrogen) atoms. The zero-order chi connectivity index (χ0) is 16.9. The smallest absolute Gasteiger partial charge is 0.275 e. The molecule has 4 nitrogen and oxygen atoms in total. The third-order valence-corrected chi connectivity index (χ3v) is 4.32. The predicted molar refractivity (Wildman–Crippen MR) is 94.4 cm³/mol. The average Bonchev–Trinajstić information content (AvgIpc) is 3.14. The molecule has 2 atom stereocenters. The van der Waals surface area contributed by atoms with Crippen LogP contribution in [-0.4, -0.2) is 12.5 Å². The Morgan fingerprint density at radius 2 is 1.88 bits per heavy atom. The summed E-state index contributed by atoms with van der Waals surface area (Å²) >= 11 is 0. The summed E-state index contributed by atoms with van der Waals surface area (Å²) in [6.45, 7) is 4.42. The van der Waals surface area contributed by atoms with Crippen molar-refractivity contribution >= 4 is 16.7 Å². The number of hydrogen-bond acceptors (Lipinski definition) is 2. The minimum absolute atomic E-state index is 0.0221. The van der Waals surface area contributed by atoms with Crippen molar-refractivity contribution in [3.8, 4) is 0 Å². The minimum Gasteiger partial charge on any atom is -0.463 e. The van der Waals surface area contributed by atoms with Gasteiger partial charge in [-0.05, 0) is 42.3 Å². The van der Waals surface area contributed by atoms with Crippen LogP contribution in [0.1, 0.15) is 37.3 Å². The van der Waals surface area contributed by atoms with Gasteiger partial charge in [0.25, 0.3) is 5.91 Å². The van der Waals surface area contributed by atoms with Gasteiger partial charge in [0.2, 0.25) is 0 Å². The first-order valence-corrected chi connectivity index (χ1v) is 8.29. The molecule has 0 saturated heterocycles. The lowest BCUT2D eigenvalue weighted by Gasteiger charge is -2.17. The van der Waals surface area contributed by atoms with E-state index in [4.69, 9.17) is 4.42 Å². The maximum Gasteiger partial charge on any atom is 0.275 e. The zero-order valence-corrected chi connectivity index (χ0v) is 14.0. The molecule has 0 aliphatic heterocycles. The number of quaternary nitrogens is 1. The van der Waals surface area contributed by atoms with Gasteiger partial charge < -0.3 is 15.1 Å². The molecule has 0 aliphatic rings. The summed E-state index contributed by atoms with van der Waals surface area (Å²) in [5.74, 6) is 0.902. The van der Waals surface area contributed by atoms with E-state index in [1.54, 1.807) is 6.26 Å². The summed E-state index contributed by atoms with van der Waals surface area (Å²) < 4.78 is 5.36. The first kappa shape index (κ1) is 16.3. The van der Waals surface area contributed by atoms with E-state index in [9.17, 15) is 4.79 Å². The maximum atomic E-state index is 12.3.